The molecule has 0 bridgehead atoms. The lowest BCUT2D eigenvalue weighted by molar-refractivity contribution is -0.115. The molecular formula is C11H12Cl2N4OS. The van der Waals surface area contributed by atoms with Gasteiger partial charge in [0.1, 0.15) is 0 Å². The first-order valence-electron chi connectivity index (χ1n) is 5.22. The Hall–Kier alpha value is -1.37. The molecule has 0 fully saturated rings. The number of nitrogens with two attached hydrogens (primary N) is 1. The maximum atomic E-state index is 11.7. The van der Waals surface area contributed by atoms with Crippen LogP contribution >= 0.6 is 35.4 Å². The van der Waals surface area contributed by atoms with E-state index in [1.165, 1.54) is 0 Å². The summed E-state index contributed by atoms with van der Waals surface area (Å²) >= 11 is 16.4. The van der Waals surface area contributed by atoms with E-state index in [0.29, 0.717) is 21.4 Å². The summed E-state index contributed by atoms with van der Waals surface area (Å²) in [5.41, 5.74) is 8.60. The molecule has 1 rings (SSSR count). The minimum atomic E-state index is -0.268. The van der Waals surface area contributed by atoms with Crippen molar-refractivity contribution >= 4 is 57.8 Å². The quantitative estimate of drug-likeness (QED) is 0.453. The molecule has 0 saturated carbocycles. The Labute approximate surface area is 126 Å². The molecule has 0 atom stereocenters. The number of hydrogen-bond donors (Lipinski definition) is 3. The minimum absolute atomic E-state index is 0.0395. The number of rotatable bonds is 4. The fourth-order valence-electron chi connectivity index (χ4n) is 1.22. The summed E-state index contributed by atoms with van der Waals surface area (Å²) in [6.45, 7) is 1.67. The van der Waals surface area contributed by atoms with Crippen molar-refractivity contribution in [2.24, 2.45) is 10.8 Å². The van der Waals surface area contributed by atoms with Crippen molar-refractivity contribution in [2.75, 3.05) is 5.32 Å². The lowest BCUT2D eigenvalue weighted by Crippen LogP contribution is -2.26. The molecule has 0 saturated heterocycles. The lowest BCUT2D eigenvalue weighted by Gasteiger charge is -2.08. The molecule has 0 aliphatic heterocycles. The first kappa shape index (κ1) is 15.7. The Kier molecular flexibility index (Phi) is 6.01. The fraction of sp³-hybridized carbons (Fsp3) is 0.182. The van der Waals surface area contributed by atoms with Crippen LogP contribution in [-0.2, 0) is 4.79 Å². The molecule has 0 radical (unpaired) electrons. The molecule has 4 N–H and O–H groups in total. The monoisotopic (exact) mass is 318 g/mol. The Bertz CT molecular complexity index is 533. The number of nitrogens with zero attached hydrogens (tertiary/aromatic N) is 1. The van der Waals surface area contributed by atoms with Crippen LogP contribution in [0.1, 0.15) is 13.3 Å². The highest BCUT2D eigenvalue weighted by molar-refractivity contribution is 7.80. The normalized spacial score (nSPS) is 11.0. The number of benzene rings is 1. The van der Waals surface area contributed by atoms with E-state index < -0.39 is 0 Å². The van der Waals surface area contributed by atoms with Crippen LogP contribution in [0.3, 0.4) is 0 Å². The summed E-state index contributed by atoms with van der Waals surface area (Å²) in [6, 6.07) is 4.99. The maximum absolute atomic E-state index is 11.7. The van der Waals surface area contributed by atoms with Gasteiger partial charge in [-0.15, -0.1) is 0 Å². The highest BCUT2D eigenvalue weighted by Gasteiger charge is 2.09. The predicted octanol–water partition coefficient (Wildman–Crippen LogP) is 2.53. The van der Waals surface area contributed by atoms with Gasteiger partial charge < -0.3 is 11.1 Å². The summed E-state index contributed by atoms with van der Waals surface area (Å²) in [5.74, 6) is -0.268. The zero-order valence-electron chi connectivity index (χ0n) is 10.0. The largest absolute Gasteiger partial charge is 0.375 e. The van der Waals surface area contributed by atoms with E-state index in [4.69, 9.17) is 28.9 Å². The van der Waals surface area contributed by atoms with Gasteiger partial charge in [0.2, 0.25) is 5.91 Å². The van der Waals surface area contributed by atoms with Gasteiger partial charge >= 0.3 is 0 Å². The molecule has 0 aliphatic rings. The Balaban J connectivity index is 2.63. The van der Waals surface area contributed by atoms with Crippen molar-refractivity contribution < 1.29 is 4.79 Å². The molecule has 0 spiro atoms. The standard InChI is InChI=1S/C11H12Cl2N4OS/c1-6(16-17-11(14)19)5-9(18)15-8-4-2-3-7(12)10(8)13/h2-4H,5H2,1H3,(H,15,18)(H3,14,17,19)/b16-6-. The third-order valence-corrected chi connectivity index (χ3v) is 2.91. The van der Waals surface area contributed by atoms with Gasteiger partial charge in [0.25, 0.3) is 0 Å². The van der Waals surface area contributed by atoms with Crippen LogP contribution < -0.4 is 16.5 Å². The third kappa shape index (κ3) is 5.42. The van der Waals surface area contributed by atoms with Gasteiger partial charge in [-0.1, -0.05) is 29.3 Å². The van der Waals surface area contributed by atoms with E-state index in [0.717, 1.165) is 0 Å². The van der Waals surface area contributed by atoms with Crippen molar-refractivity contribution in [3.63, 3.8) is 0 Å². The molecular weight excluding hydrogens is 307 g/mol. The number of thiocarbonyl (C=S) groups is 1. The van der Waals surface area contributed by atoms with Gasteiger partial charge in [0, 0.05) is 5.71 Å². The maximum Gasteiger partial charge on any atom is 0.230 e. The van der Waals surface area contributed by atoms with Crippen LogP contribution in [0.4, 0.5) is 5.69 Å². The SMILES string of the molecule is C/C(CC(=O)Nc1cccc(Cl)c1Cl)=N/NC(N)=S. The molecule has 19 heavy (non-hydrogen) atoms. The van der Waals surface area contributed by atoms with Gasteiger partial charge in [-0.3, -0.25) is 10.2 Å². The molecule has 0 aromatic heterocycles. The van der Waals surface area contributed by atoms with E-state index >= 15 is 0 Å². The van der Waals surface area contributed by atoms with Crippen LogP contribution in [-0.4, -0.2) is 16.7 Å². The molecule has 102 valence electrons. The number of halogens is 2. The van der Waals surface area contributed by atoms with Crippen LogP contribution in [0, 0.1) is 0 Å². The van der Waals surface area contributed by atoms with E-state index in [2.05, 4.69) is 28.1 Å². The van der Waals surface area contributed by atoms with Crippen LogP contribution in [0.25, 0.3) is 0 Å². The van der Waals surface area contributed by atoms with Crippen molar-refractivity contribution in [1.82, 2.24) is 5.43 Å². The van der Waals surface area contributed by atoms with Gasteiger partial charge in [-0.25, -0.2) is 0 Å². The van der Waals surface area contributed by atoms with Crippen molar-refractivity contribution in [3.8, 4) is 0 Å². The van der Waals surface area contributed by atoms with E-state index in [1.54, 1.807) is 25.1 Å². The number of carbonyl (C=O) groups excluding carboxylic acids is 1. The van der Waals surface area contributed by atoms with Gasteiger partial charge in [0.05, 0.1) is 22.2 Å². The van der Waals surface area contributed by atoms with Crippen LogP contribution in [0.2, 0.25) is 10.0 Å². The number of nitrogens with one attached hydrogen (secondary N) is 2. The average molecular weight is 319 g/mol. The van der Waals surface area contributed by atoms with Gasteiger partial charge in [-0.05, 0) is 31.3 Å². The van der Waals surface area contributed by atoms with Gasteiger partial charge in [-0.2, -0.15) is 5.10 Å². The first-order chi connectivity index (χ1) is 8.90. The van der Waals surface area contributed by atoms with Crippen molar-refractivity contribution in [3.05, 3.63) is 28.2 Å². The second-order valence-electron chi connectivity index (χ2n) is 3.65. The molecule has 5 nitrogen and oxygen atoms in total. The molecule has 0 unspecified atom stereocenters. The number of anilines is 1. The highest BCUT2D eigenvalue weighted by Crippen LogP contribution is 2.29. The number of hydrogen-bond acceptors (Lipinski definition) is 3. The summed E-state index contributed by atoms with van der Waals surface area (Å²) in [7, 11) is 0. The Morgan fingerprint density at radius 1 is 1.47 bits per heavy atom. The highest BCUT2D eigenvalue weighted by atomic mass is 35.5. The summed E-state index contributed by atoms with van der Waals surface area (Å²) in [4.78, 5) is 11.7. The molecule has 1 amide bonds. The molecule has 0 heterocycles. The van der Waals surface area contributed by atoms with Crippen LogP contribution in [0.5, 0.6) is 0 Å². The summed E-state index contributed by atoms with van der Waals surface area (Å²) in [5, 5.41) is 7.18. The average Bonchev–Trinajstić information content (AvgIpc) is 2.32. The van der Waals surface area contributed by atoms with E-state index in [9.17, 15) is 4.79 Å². The first-order valence-corrected chi connectivity index (χ1v) is 6.39. The zero-order chi connectivity index (χ0) is 14.4. The van der Waals surface area contributed by atoms with E-state index in [-0.39, 0.29) is 17.4 Å². The minimum Gasteiger partial charge on any atom is -0.375 e. The number of hydrazone groups is 1. The van der Waals surface area contributed by atoms with Crippen molar-refractivity contribution in [1.29, 1.82) is 0 Å². The second kappa shape index (κ2) is 7.28. The second-order valence-corrected chi connectivity index (χ2v) is 4.87. The topological polar surface area (TPSA) is 79.5 Å². The van der Waals surface area contributed by atoms with E-state index in [1.807, 2.05) is 0 Å². The van der Waals surface area contributed by atoms with Gasteiger partial charge in [0.15, 0.2) is 5.11 Å². The zero-order valence-corrected chi connectivity index (χ0v) is 12.4. The summed E-state index contributed by atoms with van der Waals surface area (Å²) in [6.07, 6.45) is 0.0818. The summed E-state index contributed by atoms with van der Waals surface area (Å²) < 4.78 is 0. The van der Waals surface area contributed by atoms with Crippen LogP contribution in [0.15, 0.2) is 23.3 Å². The number of amides is 1. The van der Waals surface area contributed by atoms with Crippen molar-refractivity contribution in [2.45, 2.75) is 13.3 Å². The molecule has 8 heteroatoms. The third-order valence-electron chi connectivity index (χ3n) is 2.00. The Morgan fingerprint density at radius 2 is 2.16 bits per heavy atom. The predicted molar refractivity (Wildman–Crippen MR) is 82.7 cm³/mol. The number of carbonyl (C=O) groups is 1. The molecule has 0 aliphatic carbocycles. The molecule has 1 aromatic carbocycles. The lowest BCUT2D eigenvalue weighted by atomic mass is 10.2. The Morgan fingerprint density at radius 3 is 2.79 bits per heavy atom. The fourth-order valence-corrected chi connectivity index (χ4v) is 1.61. The smallest absolute Gasteiger partial charge is 0.230 e. The molecule has 1 aromatic rings.